The molecule has 1 aliphatic carbocycles. The lowest BCUT2D eigenvalue weighted by atomic mass is 9.82. The molecule has 0 amide bonds. The third kappa shape index (κ3) is 3.39. The molecule has 4 rings (SSSR count). The van der Waals surface area contributed by atoms with E-state index in [1.807, 2.05) is 12.1 Å². The van der Waals surface area contributed by atoms with Gasteiger partial charge in [0.2, 0.25) is 6.79 Å². The van der Waals surface area contributed by atoms with E-state index >= 15 is 0 Å². The smallest absolute Gasteiger partial charge is 0.231 e. The zero-order valence-corrected chi connectivity index (χ0v) is 14.4. The first-order valence-electron chi connectivity index (χ1n) is 9.56. The molecule has 2 fully saturated rings. The van der Waals surface area contributed by atoms with Gasteiger partial charge in [-0.15, -0.1) is 0 Å². The molecule has 24 heavy (non-hydrogen) atoms. The number of hydrogen-bond donors (Lipinski definition) is 0. The fourth-order valence-corrected chi connectivity index (χ4v) is 4.33. The molecule has 2 aliphatic heterocycles. The Bertz CT molecular complexity index is 600. The summed E-state index contributed by atoms with van der Waals surface area (Å²) in [7, 11) is 0. The summed E-state index contributed by atoms with van der Waals surface area (Å²) < 4.78 is 11.1. The summed E-state index contributed by atoms with van der Waals surface area (Å²) in [5, 5.41) is 0. The Balaban J connectivity index is 1.58. The molecule has 0 aromatic heterocycles. The van der Waals surface area contributed by atoms with Crippen LogP contribution in [0.15, 0.2) is 18.2 Å². The van der Waals surface area contributed by atoms with Gasteiger partial charge in [0.05, 0.1) is 11.6 Å². The first kappa shape index (κ1) is 15.8. The number of piperidine rings is 1. The Morgan fingerprint density at radius 2 is 1.75 bits per heavy atom. The summed E-state index contributed by atoms with van der Waals surface area (Å²) in [6.45, 7) is 2.73. The summed E-state index contributed by atoms with van der Waals surface area (Å²) in [6, 6.07) is 6.42. The quantitative estimate of drug-likeness (QED) is 0.761. The Hall–Kier alpha value is -1.66. The minimum atomic E-state index is 0.312. The normalized spacial score (nSPS) is 22.7. The van der Waals surface area contributed by atoms with Crippen LogP contribution in [0.25, 0.3) is 0 Å². The summed E-state index contributed by atoms with van der Waals surface area (Å²) in [6.07, 6.45) is 10.8. The molecule has 1 saturated carbocycles. The highest BCUT2D eigenvalue weighted by molar-refractivity contribution is 5.55. The molecule has 3 nitrogen and oxygen atoms in total. The first-order valence-corrected chi connectivity index (χ1v) is 9.56. The second-order valence-electron chi connectivity index (χ2n) is 7.25. The van der Waals surface area contributed by atoms with E-state index in [2.05, 4.69) is 22.8 Å². The second kappa shape index (κ2) is 7.49. The molecular formula is C21H27NO2. The van der Waals surface area contributed by atoms with Crippen molar-refractivity contribution in [2.24, 2.45) is 5.92 Å². The lowest BCUT2D eigenvalue weighted by molar-refractivity contribution is 0.133. The van der Waals surface area contributed by atoms with Gasteiger partial charge in [0.15, 0.2) is 11.5 Å². The van der Waals surface area contributed by atoms with Crippen molar-refractivity contribution in [3.8, 4) is 23.3 Å². The molecular weight excluding hydrogens is 298 g/mol. The van der Waals surface area contributed by atoms with Crippen molar-refractivity contribution < 1.29 is 9.47 Å². The van der Waals surface area contributed by atoms with Gasteiger partial charge in [0, 0.05) is 0 Å². The lowest BCUT2D eigenvalue weighted by Crippen LogP contribution is -2.43. The van der Waals surface area contributed by atoms with Gasteiger partial charge < -0.3 is 9.47 Å². The van der Waals surface area contributed by atoms with Gasteiger partial charge in [-0.05, 0) is 56.8 Å². The maximum atomic E-state index is 5.61. The molecule has 1 saturated heterocycles. The van der Waals surface area contributed by atoms with Crippen molar-refractivity contribution in [2.45, 2.75) is 57.4 Å². The molecule has 128 valence electrons. The molecule has 1 atom stereocenters. The second-order valence-corrected chi connectivity index (χ2v) is 7.25. The van der Waals surface area contributed by atoms with E-state index in [1.54, 1.807) is 0 Å². The van der Waals surface area contributed by atoms with Gasteiger partial charge in [-0.2, -0.15) is 0 Å². The number of fused-ring (bicyclic) bond motifs is 1. The van der Waals surface area contributed by atoms with Crippen molar-refractivity contribution in [1.82, 2.24) is 4.90 Å². The van der Waals surface area contributed by atoms with Crippen molar-refractivity contribution in [2.75, 3.05) is 19.9 Å². The standard InChI is InChI=1S/C21H27NO2/c1-3-8-17(9-4-1)19(22-14-5-2-6-15-22)13-12-18-10-7-11-20-21(18)24-16-23-20/h7,10-11,17,19H,1-6,8-9,14-16H2. The molecule has 1 aromatic rings. The molecule has 2 heterocycles. The molecule has 0 spiro atoms. The zero-order valence-electron chi connectivity index (χ0n) is 14.4. The highest BCUT2D eigenvalue weighted by atomic mass is 16.7. The van der Waals surface area contributed by atoms with Gasteiger partial charge in [-0.25, -0.2) is 0 Å². The maximum absolute atomic E-state index is 5.61. The minimum Gasteiger partial charge on any atom is -0.454 e. The largest absolute Gasteiger partial charge is 0.454 e. The highest BCUT2D eigenvalue weighted by Crippen LogP contribution is 2.35. The fourth-order valence-electron chi connectivity index (χ4n) is 4.33. The zero-order chi connectivity index (χ0) is 16.2. The van der Waals surface area contributed by atoms with E-state index in [1.165, 1.54) is 64.5 Å². The van der Waals surface area contributed by atoms with Crippen LogP contribution in [0.3, 0.4) is 0 Å². The number of likely N-dealkylation sites (tertiary alicyclic amines) is 1. The Labute approximate surface area is 145 Å². The van der Waals surface area contributed by atoms with Crippen molar-refractivity contribution in [3.05, 3.63) is 23.8 Å². The fraction of sp³-hybridized carbons (Fsp3) is 0.619. The molecule has 0 N–H and O–H groups in total. The molecule has 0 bridgehead atoms. The Morgan fingerprint density at radius 3 is 2.58 bits per heavy atom. The number of rotatable bonds is 2. The van der Waals surface area contributed by atoms with Crippen LogP contribution >= 0.6 is 0 Å². The predicted molar refractivity (Wildman–Crippen MR) is 95.2 cm³/mol. The van der Waals surface area contributed by atoms with E-state index in [9.17, 15) is 0 Å². The minimum absolute atomic E-state index is 0.312. The average molecular weight is 325 g/mol. The van der Waals surface area contributed by atoms with Gasteiger partial charge >= 0.3 is 0 Å². The summed E-state index contributed by atoms with van der Waals surface area (Å²) in [5.74, 6) is 9.48. The monoisotopic (exact) mass is 325 g/mol. The van der Waals surface area contributed by atoms with Gasteiger partial charge in [0.1, 0.15) is 0 Å². The molecule has 0 radical (unpaired) electrons. The van der Waals surface area contributed by atoms with E-state index in [0.717, 1.165) is 23.0 Å². The van der Waals surface area contributed by atoms with Crippen molar-refractivity contribution >= 4 is 0 Å². The Kier molecular flexibility index (Phi) is 4.94. The van der Waals surface area contributed by atoms with Crippen LogP contribution in [0.4, 0.5) is 0 Å². The van der Waals surface area contributed by atoms with E-state index in [4.69, 9.17) is 9.47 Å². The highest BCUT2D eigenvalue weighted by Gasteiger charge is 2.28. The number of hydrogen-bond acceptors (Lipinski definition) is 3. The van der Waals surface area contributed by atoms with E-state index < -0.39 is 0 Å². The van der Waals surface area contributed by atoms with Crippen LogP contribution < -0.4 is 9.47 Å². The van der Waals surface area contributed by atoms with E-state index in [0.29, 0.717) is 12.8 Å². The SMILES string of the molecule is C(#CC(C1CCCCC1)N1CCCCC1)c1cccc2c1OCO2. The molecule has 1 aromatic carbocycles. The topological polar surface area (TPSA) is 21.7 Å². The molecule has 3 heteroatoms. The van der Waals surface area contributed by atoms with Crippen LogP contribution in [0.2, 0.25) is 0 Å². The van der Waals surface area contributed by atoms with Crippen LogP contribution in [0.1, 0.15) is 56.9 Å². The van der Waals surface area contributed by atoms with Crippen molar-refractivity contribution in [1.29, 1.82) is 0 Å². The molecule has 1 unspecified atom stereocenters. The summed E-state index contributed by atoms with van der Waals surface area (Å²) in [4.78, 5) is 2.65. The number of benzene rings is 1. The van der Waals surface area contributed by atoms with Crippen LogP contribution in [-0.2, 0) is 0 Å². The van der Waals surface area contributed by atoms with Gasteiger partial charge in [0.25, 0.3) is 0 Å². The van der Waals surface area contributed by atoms with Gasteiger partial charge in [-0.1, -0.05) is 43.6 Å². The number of nitrogens with zero attached hydrogens (tertiary/aromatic N) is 1. The third-order valence-corrected chi connectivity index (χ3v) is 5.63. The summed E-state index contributed by atoms with van der Waals surface area (Å²) >= 11 is 0. The van der Waals surface area contributed by atoms with Crippen LogP contribution in [0, 0.1) is 17.8 Å². The number of para-hydroxylation sites is 1. The van der Waals surface area contributed by atoms with Gasteiger partial charge in [-0.3, -0.25) is 4.90 Å². The predicted octanol–water partition coefficient (Wildman–Crippen LogP) is 4.20. The lowest BCUT2D eigenvalue weighted by Gasteiger charge is -2.37. The van der Waals surface area contributed by atoms with Crippen molar-refractivity contribution in [3.63, 3.8) is 0 Å². The molecule has 3 aliphatic rings. The van der Waals surface area contributed by atoms with E-state index in [-0.39, 0.29) is 0 Å². The maximum Gasteiger partial charge on any atom is 0.231 e. The third-order valence-electron chi connectivity index (χ3n) is 5.63. The van der Waals surface area contributed by atoms with Crippen LogP contribution in [0.5, 0.6) is 11.5 Å². The average Bonchev–Trinajstić information content (AvgIpc) is 3.13. The first-order chi connectivity index (χ1) is 11.9. The Morgan fingerprint density at radius 1 is 0.958 bits per heavy atom. The van der Waals surface area contributed by atoms with Crippen LogP contribution in [-0.4, -0.2) is 30.8 Å². The summed E-state index contributed by atoms with van der Waals surface area (Å²) in [5.41, 5.74) is 0.975. The number of ether oxygens (including phenoxy) is 2.